The van der Waals surface area contributed by atoms with Crippen LogP contribution in [0, 0.1) is 5.92 Å². The Hall–Kier alpha value is -3.21. The minimum atomic E-state index is -0.657. The van der Waals surface area contributed by atoms with Gasteiger partial charge in [-0.15, -0.1) is 0 Å². The minimum Gasteiger partial charge on any atom is -0.500 e. The van der Waals surface area contributed by atoms with E-state index in [-0.39, 0.29) is 18.4 Å². The van der Waals surface area contributed by atoms with Crippen LogP contribution in [0.4, 0.5) is 5.69 Å². The Kier molecular flexibility index (Phi) is 10.4. The Bertz CT molecular complexity index is 1400. The van der Waals surface area contributed by atoms with Gasteiger partial charge in [0.15, 0.2) is 0 Å². The summed E-state index contributed by atoms with van der Waals surface area (Å²) in [5, 5.41) is 3.88. The second-order valence-electron chi connectivity index (χ2n) is 12.4. The van der Waals surface area contributed by atoms with E-state index in [0.717, 1.165) is 86.8 Å². The predicted octanol–water partition coefficient (Wildman–Crippen LogP) is 4.40. The van der Waals surface area contributed by atoms with Gasteiger partial charge in [-0.1, -0.05) is 6.92 Å². The number of methoxy groups -OCH3 is 1. The number of piperazine rings is 1. The van der Waals surface area contributed by atoms with E-state index in [1.807, 2.05) is 6.07 Å². The number of carbonyl (C=O) groups excluding carboxylic acids is 2. The number of allylic oxidation sites excluding steroid dienone is 1. The number of fused-ring (bicyclic) bond motifs is 1. The molecule has 0 aliphatic carbocycles. The molecule has 4 heterocycles. The van der Waals surface area contributed by atoms with Gasteiger partial charge in [-0.2, -0.15) is 0 Å². The monoisotopic (exact) mass is 607 g/mol. The topological polar surface area (TPSA) is 99.9 Å². The SMILES string of the molecule is CCc1c(N(CC)C2CCOCC2)cc2oc(CN3CCN(C(C)C)CC3)cc2c1C(=O)NCC1C(=O)N=C(C)C=C1OC. The second-order valence-corrected chi connectivity index (χ2v) is 12.4. The molecule has 1 aromatic heterocycles. The highest BCUT2D eigenvalue weighted by Crippen LogP contribution is 2.37. The molecule has 10 nitrogen and oxygen atoms in total. The molecular weight excluding hydrogens is 558 g/mol. The first-order chi connectivity index (χ1) is 21.2. The van der Waals surface area contributed by atoms with Crippen molar-refractivity contribution in [1.82, 2.24) is 15.1 Å². The summed E-state index contributed by atoms with van der Waals surface area (Å²) in [5.74, 6) is 0.186. The van der Waals surface area contributed by atoms with Gasteiger partial charge in [-0.05, 0) is 64.7 Å². The molecule has 2 fully saturated rings. The van der Waals surface area contributed by atoms with E-state index in [9.17, 15) is 9.59 Å². The smallest absolute Gasteiger partial charge is 0.258 e. The molecule has 240 valence electrons. The number of rotatable bonds is 11. The molecule has 2 saturated heterocycles. The van der Waals surface area contributed by atoms with Gasteiger partial charge in [0.25, 0.3) is 11.8 Å². The summed E-state index contributed by atoms with van der Waals surface area (Å²) in [4.78, 5) is 38.4. The van der Waals surface area contributed by atoms with Gasteiger partial charge < -0.3 is 24.1 Å². The minimum absolute atomic E-state index is 0.102. The predicted molar refractivity (Wildman–Crippen MR) is 173 cm³/mol. The number of dihydropyridines is 1. The molecule has 2 aromatic rings. The number of nitrogens with one attached hydrogen (secondary N) is 1. The molecule has 2 amide bonds. The number of anilines is 1. The molecule has 5 rings (SSSR count). The molecule has 1 unspecified atom stereocenters. The van der Waals surface area contributed by atoms with Crippen molar-refractivity contribution in [3.63, 3.8) is 0 Å². The maximum atomic E-state index is 14.2. The van der Waals surface area contributed by atoms with Crippen molar-refractivity contribution in [2.45, 2.75) is 72.5 Å². The zero-order valence-corrected chi connectivity index (χ0v) is 27.3. The summed E-state index contributed by atoms with van der Waals surface area (Å²) in [6.45, 7) is 17.6. The molecular formula is C34H49N5O5. The molecule has 10 heteroatoms. The Labute approximate surface area is 261 Å². The van der Waals surface area contributed by atoms with Gasteiger partial charge >= 0.3 is 0 Å². The highest BCUT2D eigenvalue weighted by atomic mass is 16.5. The number of ether oxygens (including phenoxy) is 2. The van der Waals surface area contributed by atoms with E-state index in [2.05, 4.69) is 58.8 Å². The molecule has 1 atom stereocenters. The van der Waals surface area contributed by atoms with Crippen LogP contribution in [0.25, 0.3) is 11.0 Å². The first kappa shape index (κ1) is 32.2. The van der Waals surface area contributed by atoms with Gasteiger partial charge in [-0.25, -0.2) is 4.99 Å². The fraction of sp³-hybridized carbons (Fsp3) is 0.618. The number of benzene rings is 1. The third-order valence-electron chi connectivity index (χ3n) is 9.32. The lowest BCUT2D eigenvalue weighted by Crippen LogP contribution is -2.48. The highest BCUT2D eigenvalue weighted by molar-refractivity contribution is 6.10. The highest BCUT2D eigenvalue weighted by Gasteiger charge is 2.31. The van der Waals surface area contributed by atoms with E-state index in [1.165, 1.54) is 0 Å². The molecule has 44 heavy (non-hydrogen) atoms. The standard InChI is InChI=1S/C34H49N5O5/c1-7-26-29(39(8-2)24-9-15-43-16-10-24)19-31-27(18-25(44-31)21-37-11-13-38(14-12-37)22(3)4)32(26)34(41)35-20-28-30(42-6)17-23(5)36-33(28)40/h17-19,22,24,28H,7-16,20-21H2,1-6H3,(H,35,41). The third-order valence-corrected chi connectivity index (χ3v) is 9.32. The average Bonchev–Trinajstić information content (AvgIpc) is 3.42. The van der Waals surface area contributed by atoms with Crippen LogP contribution < -0.4 is 10.2 Å². The van der Waals surface area contributed by atoms with Crippen molar-refractivity contribution >= 4 is 34.2 Å². The molecule has 3 aliphatic rings. The Balaban J connectivity index is 1.49. The molecule has 0 bridgehead atoms. The van der Waals surface area contributed by atoms with E-state index in [1.54, 1.807) is 20.1 Å². The van der Waals surface area contributed by atoms with E-state index >= 15 is 0 Å². The first-order valence-electron chi connectivity index (χ1n) is 16.3. The average molecular weight is 608 g/mol. The maximum Gasteiger partial charge on any atom is 0.258 e. The van der Waals surface area contributed by atoms with Crippen molar-refractivity contribution in [3.05, 3.63) is 40.9 Å². The number of carbonyl (C=O) groups is 2. The molecule has 0 saturated carbocycles. The second kappa shape index (κ2) is 14.3. The zero-order valence-electron chi connectivity index (χ0n) is 27.3. The Morgan fingerprint density at radius 3 is 2.52 bits per heavy atom. The fourth-order valence-electron chi connectivity index (χ4n) is 6.88. The van der Waals surface area contributed by atoms with Crippen molar-refractivity contribution < 1.29 is 23.5 Å². The van der Waals surface area contributed by atoms with Crippen molar-refractivity contribution in [3.8, 4) is 0 Å². The summed E-state index contributed by atoms with van der Waals surface area (Å²) >= 11 is 0. The fourth-order valence-corrected chi connectivity index (χ4v) is 6.88. The van der Waals surface area contributed by atoms with Crippen LogP contribution in [-0.4, -0.2) is 99.0 Å². The van der Waals surface area contributed by atoms with Gasteiger partial charge in [0.05, 0.1) is 19.2 Å². The summed E-state index contributed by atoms with van der Waals surface area (Å²) in [7, 11) is 1.54. The number of hydrogen-bond donors (Lipinski definition) is 1. The van der Waals surface area contributed by atoms with E-state index < -0.39 is 5.92 Å². The lowest BCUT2D eigenvalue weighted by Gasteiger charge is -2.37. The van der Waals surface area contributed by atoms with E-state index in [4.69, 9.17) is 13.9 Å². The normalized spacial score (nSPS) is 20.6. The van der Waals surface area contributed by atoms with Crippen LogP contribution in [0.1, 0.15) is 69.1 Å². The Morgan fingerprint density at radius 2 is 1.89 bits per heavy atom. The van der Waals surface area contributed by atoms with Gasteiger partial charge in [-0.3, -0.25) is 19.4 Å². The van der Waals surface area contributed by atoms with Crippen LogP contribution in [0.15, 0.2) is 33.4 Å². The molecule has 0 spiro atoms. The summed E-state index contributed by atoms with van der Waals surface area (Å²) in [6, 6.07) is 5.06. The Morgan fingerprint density at radius 1 is 1.16 bits per heavy atom. The number of hydrogen-bond acceptors (Lipinski definition) is 8. The zero-order chi connectivity index (χ0) is 31.4. The molecule has 3 aliphatic heterocycles. The summed E-state index contributed by atoms with van der Waals surface area (Å²) in [6.07, 6.45) is 4.32. The largest absolute Gasteiger partial charge is 0.500 e. The number of amides is 2. The van der Waals surface area contributed by atoms with Gasteiger partial charge in [0.1, 0.15) is 23.0 Å². The van der Waals surface area contributed by atoms with Crippen molar-refractivity contribution in [2.24, 2.45) is 10.9 Å². The summed E-state index contributed by atoms with van der Waals surface area (Å²) < 4.78 is 17.7. The lowest BCUT2D eigenvalue weighted by atomic mass is 9.95. The quantitative estimate of drug-likeness (QED) is 0.401. The summed E-state index contributed by atoms with van der Waals surface area (Å²) in [5.41, 5.74) is 3.97. The first-order valence-corrected chi connectivity index (χ1v) is 16.3. The number of aliphatic imine (C=N–C) groups is 1. The molecule has 1 aromatic carbocycles. The van der Waals surface area contributed by atoms with Crippen LogP contribution in [0.5, 0.6) is 0 Å². The number of furan rings is 1. The van der Waals surface area contributed by atoms with Crippen LogP contribution in [0.3, 0.4) is 0 Å². The van der Waals surface area contributed by atoms with Gasteiger partial charge in [0, 0.05) is 87.4 Å². The van der Waals surface area contributed by atoms with Crippen molar-refractivity contribution in [1.29, 1.82) is 0 Å². The van der Waals surface area contributed by atoms with Crippen LogP contribution in [-0.2, 0) is 27.2 Å². The van der Waals surface area contributed by atoms with E-state index in [0.29, 0.717) is 42.1 Å². The van der Waals surface area contributed by atoms with Gasteiger partial charge in [0.2, 0.25) is 0 Å². The van der Waals surface area contributed by atoms with Crippen LogP contribution in [0.2, 0.25) is 0 Å². The maximum absolute atomic E-state index is 14.2. The third kappa shape index (κ3) is 6.87. The number of nitrogens with zero attached hydrogens (tertiary/aromatic N) is 4. The van der Waals surface area contributed by atoms with Crippen LogP contribution >= 0.6 is 0 Å². The molecule has 0 radical (unpaired) electrons. The molecule has 1 N–H and O–H groups in total. The lowest BCUT2D eigenvalue weighted by molar-refractivity contribution is -0.121. The van der Waals surface area contributed by atoms with Crippen molar-refractivity contribution in [2.75, 3.05) is 64.5 Å².